The second-order valence-corrected chi connectivity index (χ2v) is 4.30. The van der Waals surface area contributed by atoms with Crippen molar-refractivity contribution in [2.75, 3.05) is 6.61 Å². The van der Waals surface area contributed by atoms with Crippen molar-refractivity contribution < 1.29 is 13.9 Å². The Bertz CT molecular complexity index is 587. The third-order valence-corrected chi connectivity index (χ3v) is 3.25. The van der Waals surface area contributed by atoms with Crippen LogP contribution >= 0.6 is 23.2 Å². The first kappa shape index (κ1) is 12.3. The molecule has 0 bridgehead atoms. The first-order valence-corrected chi connectivity index (χ1v) is 5.86. The Labute approximate surface area is 108 Å². The standard InChI is InChI=1S/C12H10Cl2O3/c1-3-16-12(15)11-6(2)9-8(17-11)5-4-7(13)10(9)14/h4-5H,3H2,1-2H3. The SMILES string of the molecule is CCOC(=O)c1oc2ccc(Cl)c(Cl)c2c1C. The molecule has 5 heteroatoms. The number of halogens is 2. The van der Waals surface area contributed by atoms with Gasteiger partial charge in [-0.25, -0.2) is 4.79 Å². The highest BCUT2D eigenvalue weighted by molar-refractivity contribution is 6.45. The van der Waals surface area contributed by atoms with Crippen molar-refractivity contribution in [1.82, 2.24) is 0 Å². The molecule has 0 aliphatic carbocycles. The van der Waals surface area contributed by atoms with Crippen molar-refractivity contribution in [3.63, 3.8) is 0 Å². The van der Waals surface area contributed by atoms with E-state index in [9.17, 15) is 4.79 Å². The van der Waals surface area contributed by atoms with Crippen molar-refractivity contribution >= 4 is 40.1 Å². The van der Waals surface area contributed by atoms with Gasteiger partial charge in [0.1, 0.15) is 5.58 Å². The van der Waals surface area contributed by atoms with Gasteiger partial charge >= 0.3 is 5.97 Å². The van der Waals surface area contributed by atoms with Crippen LogP contribution in [0.1, 0.15) is 23.0 Å². The summed E-state index contributed by atoms with van der Waals surface area (Å²) in [6.07, 6.45) is 0. The molecule has 0 saturated heterocycles. The molecular weight excluding hydrogens is 263 g/mol. The normalized spacial score (nSPS) is 10.8. The van der Waals surface area contributed by atoms with Gasteiger partial charge in [0, 0.05) is 10.9 Å². The van der Waals surface area contributed by atoms with E-state index in [1.807, 2.05) is 0 Å². The molecule has 1 aromatic heterocycles. The molecule has 0 aliphatic heterocycles. The first-order valence-electron chi connectivity index (χ1n) is 5.10. The number of fused-ring (bicyclic) bond motifs is 1. The quantitative estimate of drug-likeness (QED) is 0.769. The van der Waals surface area contributed by atoms with Crippen LogP contribution in [0.25, 0.3) is 11.0 Å². The van der Waals surface area contributed by atoms with Gasteiger partial charge < -0.3 is 9.15 Å². The third-order valence-electron chi connectivity index (χ3n) is 2.45. The highest BCUT2D eigenvalue weighted by Gasteiger charge is 2.21. The maximum Gasteiger partial charge on any atom is 0.374 e. The van der Waals surface area contributed by atoms with Gasteiger partial charge in [-0.3, -0.25) is 0 Å². The predicted molar refractivity (Wildman–Crippen MR) is 66.9 cm³/mol. The van der Waals surface area contributed by atoms with Crippen LogP contribution in [-0.2, 0) is 4.74 Å². The Hall–Kier alpha value is -1.19. The lowest BCUT2D eigenvalue weighted by atomic mass is 10.1. The molecule has 90 valence electrons. The molecule has 1 heterocycles. The first-order chi connectivity index (χ1) is 8.06. The van der Waals surface area contributed by atoms with E-state index < -0.39 is 5.97 Å². The average Bonchev–Trinajstić information content (AvgIpc) is 2.62. The van der Waals surface area contributed by atoms with Gasteiger partial charge in [-0.15, -0.1) is 0 Å². The molecule has 3 nitrogen and oxygen atoms in total. The maximum atomic E-state index is 11.6. The van der Waals surface area contributed by atoms with Crippen LogP contribution in [0.5, 0.6) is 0 Å². The summed E-state index contributed by atoms with van der Waals surface area (Å²) in [4.78, 5) is 11.6. The number of carbonyl (C=O) groups is 1. The second-order valence-electron chi connectivity index (χ2n) is 3.51. The number of aryl methyl sites for hydroxylation is 1. The molecule has 0 unspecified atom stereocenters. The molecule has 0 aliphatic rings. The van der Waals surface area contributed by atoms with Crippen molar-refractivity contribution in [3.8, 4) is 0 Å². The molecule has 2 aromatic rings. The molecule has 0 radical (unpaired) electrons. The zero-order chi connectivity index (χ0) is 12.6. The fraction of sp³-hybridized carbons (Fsp3) is 0.250. The lowest BCUT2D eigenvalue weighted by Crippen LogP contribution is -2.04. The van der Waals surface area contributed by atoms with E-state index in [0.717, 1.165) is 0 Å². The van der Waals surface area contributed by atoms with E-state index in [4.69, 9.17) is 32.4 Å². The molecule has 0 spiro atoms. The molecule has 0 N–H and O–H groups in total. The average molecular weight is 273 g/mol. The third kappa shape index (κ3) is 2.01. The van der Waals surface area contributed by atoms with Crippen molar-refractivity contribution in [2.45, 2.75) is 13.8 Å². The van der Waals surface area contributed by atoms with E-state index in [0.29, 0.717) is 33.2 Å². The molecule has 0 fully saturated rings. The lowest BCUT2D eigenvalue weighted by Gasteiger charge is -1.98. The Balaban J connectivity index is 2.65. The van der Waals surface area contributed by atoms with Crippen LogP contribution in [0.4, 0.5) is 0 Å². The van der Waals surface area contributed by atoms with E-state index in [-0.39, 0.29) is 5.76 Å². The van der Waals surface area contributed by atoms with Crippen LogP contribution in [0.2, 0.25) is 10.0 Å². The molecule has 1 aromatic carbocycles. The Kier molecular flexibility index (Phi) is 3.31. The minimum absolute atomic E-state index is 0.172. The molecule has 0 saturated carbocycles. The summed E-state index contributed by atoms with van der Waals surface area (Å²) in [6.45, 7) is 3.78. The number of carbonyl (C=O) groups excluding carboxylic acids is 1. The van der Waals surface area contributed by atoms with Crippen molar-refractivity contribution in [1.29, 1.82) is 0 Å². The van der Waals surface area contributed by atoms with Crippen molar-refractivity contribution in [3.05, 3.63) is 33.5 Å². The van der Waals surface area contributed by atoms with Crippen LogP contribution < -0.4 is 0 Å². The highest BCUT2D eigenvalue weighted by atomic mass is 35.5. The summed E-state index contributed by atoms with van der Waals surface area (Å²) in [5, 5.41) is 1.47. The molecule has 2 rings (SSSR count). The van der Waals surface area contributed by atoms with E-state index in [2.05, 4.69) is 0 Å². The lowest BCUT2D eigenvalue weighted by molar-refractivity contribution is 0.0491. The maximum absolute atomic E-state index is 11.6. The topological polar surface area (TPSA) is 39.4 Å². The number of esters is 1. The van der Waals surface area contributed by atoms with E-state index in [1.165, 1.54) is 0 Å². The summed E-state index contributed by atoms with van der Waals surface area (Å²) in [7, 11) is 0. The highest BCUT2D eigenvalue weighted by Crippen LogP contribution is 2.36. The largest absolute Gasteiger partial charge is 0.460 e. The fourth-order valence-electron chi connectivity index (χ4n) is 1.66. The van der Waals surface area contributed by atoms with E-state index >= 15 is 0 Å². The Morgan fingerprint density at radius 1 is 1.41 bits per heavy atom. The van der Waals surface area contributed by atoms with Gasteiger partial charge in [-0.2, -0.15) is 0 Å². The monoisotopic (exact) mass is 272 g/mol. The smallest absolute Gasteiger partial charge is 0.374 e. The Morgan fingerprint density at radius 2 is 2.12 bits per heavy atom. The number of rotatable bonds is 2. The van der Waals surface area contributed by atoms with Gasteiger partial charge in [-0.05, 0) is 26.0 Å². The van der Waals surface area contributed by atoms with Crippen LogP contribution in [0.15, 0.2) is 16.5 Å². The summed E-state index contributed by atoms with van der Waals surface area (Å²) >= 11 is 12.0. The van der Waals surface area contributed by atoms with Gasteiger partial charge in [0.15, 0.2) is 0 Å². The minimum Gasteiger partial charge on any atom is -0.460 e. The summed E-state index contributed by atoms with van der Waals surface area (Å²) in [5.74, 6) is -0.320. The fourth-order valence-corrected chi connectivity index (χ4v) is 2.11. The zero-order valence-corrected chi connectivity index (χ0v) is 10.9. The summed E-state index contributed by atoms with van der Waals surface area (Å²) in [6, 6.07) is 3.31. The number of benzene rings is 1. The number of hydrogen-bond acceptors (Lipinski definition) is 3. The Morgan fingerprint density at radius 3 is 2.76 bits per heavy atom. The van der Waals surface area contributed by atoms with Crippen LogP contribution in [-0.4, -0.2) is 12.6 Å². The number of ether oxygens (including phenoxy) is 1. The predicted octanol–water partition coefficient (Wildman–Crippen LogP) is 4.22. The van der Waals surface area contributed by atoms with Crippen molar-refractivity contribution in [2.24, 2.45) is 0 Å². The molecule has 0 amide bonds. The molecule has 0 atom stereocenters. The molecular formula is C12H10Cl2O3. The summed E-state index contributed by atoms with van der Waals surface area (Å²) in [5.41, 5.74) is 1.17. The second kappa shape index (κ2) is 4.59. The van der Waals surface area contributed by atoms with Gasteiger partial charge in [0.2, 0.25) is 5.76 Å². The summed E-state index contributed by atoms with van der Waals surface area (Å²) < 4.78 is 10.3. The van der Waals surface area contributed by atoms with Crippen LogP contribution in [0.3, 0.4) is 0 Å². The van der Waals surface area contributed by atoms with Crippen LogP contribution in [0, 0.1) is 6.92 Å². The van der Waals surface area contributed by atoms with Gasteiger partial charge in [-0.1, -0.05) is 23.2 Å². The van der Waals surface area contributed by atoms with Gasteiger partial charge in [0.25, 0.3) is 0 Å². The minimum atomic E-state index is -0.492. The zero-order valence-electron chi connectivity index (χ0n) is 9.34. The number of furan rings is 1. The molecule has 17 heavy (non-hydrogen) atoms. The van der Waals surface area contributed by atoms with E-state index in [1.54, 1.807) is 26.0 Å². The van der Waals surface area contributed by atoms with Gasteiger partial charge in [0.05, 0.1) is 16.7 Å². The number of hydrogen-bond donors (Lipinski definition) is 0.